The van der Waals surface area contributed by atoms with Crippen LogP contribution in [-0.2, 0) is 16.1 Å². The van der Waals surface area contributed by atoms with E-state index in [1.54, 1.807) is 42.3 Å². The number of anilines is 2. The highest BCUT2D eigenvalue weighted by molar-refractivity contribution is 6.31. The minimum Gasteiger partial charge on any atom is -0.479 e. The molecular weight excluding hydrogens is 430 g/mol. The minimum atomic E-state index is -0.610. The van der Waals surface area contributed by atoms with Gasteiger partial charge >= 0.3 is 0 Å². The van der Waals surface area contributed by atoms with Gasteiger partial charge in [-0.25, -0.2) is 0 Å². The van der Waals surface area contributed by atoms with Crippen molar-refractivity contribution in [2.24, 2.45) is 0 Å². The summed E-state index contributed by atoms with van der Waals surface area (Å²) in [5.41, 5.74) is 1.74. The molecule has 32 heavy (non-hydrogen) atoms. The summed E-state index contributed by atoms with van der Waals surface area (Å²) in [6.07, 6.45) is 1.07. The fraction of sp³-hybridized carbons (Fsp3) is 0.208. The normalized spacial score (nSPS) is 15.1. The Kier molecular flexibility index (Phi) is 6.28. The molecule has 2 aromatic carbocycles. The van der Waals surface area contributed by atoms with Crippen molar-refractivity contribution in [3.8, 4) is 5.75 Å². The van der Waals surface area contributed by atoms with Crippen LogP contribution < -0.4 is 20.5 Å². The molecule has 1 aromatic heterocycles. The number of halogens is 1. The lowest BCUT2D eigenvalue weighted by Gasteiger charge is -2.32. The van der Waals surface area contributed by atoms with Crippen LogP contribution in [0.15, 0.2) is 71.7 Å². The molecule has 4 rings (SSSR count). The standard InChI is InChI=1S/C24H22ClN3O4/c1-16-24(31)28(20-8-4-5-9-21(20)32-16)13-12-22(29)26-18-10-11-23(30)27(15-18)14-17-6-2-3-7-19(17)25/h2-11,15-16H,12-14H2,1H3,(H,26,29). The average Bonchev–Trinajstić information content (AvgIpc) is 2.78. The van der Waals surface area contributed by atoms with E-state index in [0.29, 0.717) is 28.7 Å². The van der Waals surface area contributed by atoms with Crippen molar-refractivity contribution in [2.45, 2.75) is 26.0 Å². The van der Waals surface area contributed by atoms with Gasteiger partial charge in [-0.3, -0.25) is 14.4 Å². The molecule has 0 aliphatic carbocycles. The average molecular weight is 452 g/mol. The summed E-state index contributed by atoms with van der Waals surface area (Å²) >= 11 is 6.20. The second-order valence-electron chi connectivity index (χ2n) is 7.49. The van der Waals surface area contributed by atoms with E-state index in [2.05, 4.69) is 5.32 Å². The van der Waals surface area contributed by atoms with Crippen molar-refractivity contribution >= 4 is 34.8 Å². The van der Waals surface area contributed by atoms with Gasteiger partial charge in [-0.05, 0) is 36.8 Å². The molecule has 164 valence electrons. The fourth-order valence-electron chi connectivity index (χ4n) is 3.57. The molecule has 2 heterocycles. The van der Waals surface area contributed by atoms with Gasteiger partial charge in [0.15, 0.2) is 6.10 Å². The van der Waals surface area contributed by atoms with Crippen LogP contribution in [0.1, 0.15) is 18.9 Å². The number of benzene rings is 2. The van der Waals surface area contributed by atoms with E-state index >= 15 is 0 Å². The number of hydrogen-bond donors (Lipinski definition) is 1. The van der Waals surface area contributed by atoms with E-state index in [1.165, 1.54) is 10.6 Å². The van der Waals surface area contributed by atoms with Gasteiger partial charge in [-0.15, -0.1) is 0 Å². The molecule has 1 N–H and O–H groups in total. The molecule has 0 saturated heterocycles. The molecule has 2 amide bonds. The molecule has 1 atom stereocenters. The Bertz CT molecular complexity index is 1220. The largest absolute Gasteiger partial charge is 0.479 e. The summed E-state index contributed by atoms with van der Waals surface area (Å²) in [7, 11) is 0. The second kappa shape index (κ2) is 9.28. The van der Waals surface area contributed by atoms with Gasteiger partial charge in [0.05, 0.1) is 17.9 Å². The topological polar surface area (TPSA) is 80.6 Å². The maximum absolute atomic E-state index is 12.6. The van der Waals surface area contributed by atoms with E-state index in [0.717, 1.165) is 5.56 Å². The zero-order chi connectivity index (χ0) is 22.7. The van der Waals surface area contributed by atoms with Crippen molar-refractivity contribution < 1.29 is 14.3 Å². The second-order valence-corrected chi connectivity index (χ2v) is 7.90. The van der Waals surface area contributed by atoms with Crippen molar-refractivity contribution in [2.75, 3.05) is 16.8 Å². The number of nitrogens with zero attached hydrogens (tertiary/aromatic N) is 2. The lowest BCUT2D eigenvalue weighted by atomic mass is 10.1. The maximum Gasteiger partial charge on any atom is 0.267 e. The summed E-state index contributed by atoms with van der Waals surface area (Å²) in [4.78, 5) is 38.9. The molecule has 1 aliphatic rings. The predicted molar refractivity (Wildman–Crippen MR) is 123 cm³/mol. The number of carbonyl (C=O) groups is 2. The van der Waals surface area contributed by atoms with Crippen molar-refractivity contribution in [1.82, 2.24) is 4.57 Å². The fourth-order valence-corrected chi connectivity index (χ4v) is 3.76. The number of fused-ring (bicyclic) bond motifs is 1. The monoisotopic (exact) mass is 451 g/mol. The molecule has 1 unspecified atom stereocenters. The number of amides is 2. The summed E-state index contributed by atoms with van der Waals surface area (Å²) in [5, 5.41) is 3.37. The quantitative estimate of drug-likeness (QED) is 0.619. The number of pyridine rings is 1. The van der Waals surface area contributed by atoms with Crippen LogP contribution in [0, 0.1) is 0 Å². The van der Waals surface area contributed by atoms with Gasteiger partial charge < -0.3 is 19.5 Å². The van der Waals surface area contributed by atoms with Gasteiger partial charge in [-0.1, -0.05) is 41.9 Å². The third kappa shape index (κ3) is 4.68. The van der Waals surface area contributed by atoms with E-state index in [1.807, 2.05) is 30.3 Å². The molecule has 0 radical (unpaired) electrons. The third-order valence-corrected chi connectivity index (χ3v) is 5.57. The number of ether oxygens (including phenoxy) is 1. The summed E-state index contributed by atoms with van der Waals surface area (Å²) in [6, 6.07) is 17.5. The van der Waals surface area contributed by atoms with Gasteiger partial charge in [0.1, 0.15) is 5.75 Å². The minimum absolute atomic E-state index is 0.0937. The molecule has 1 aliphatic heterocycles. The van der Waals surface area contributed by atoms with E-state index in [-0.39, 0.29) is 30.3 Å². The highest BCUT2D eigenvalue weighted by Crippen LogP contribution is 2.33. The molecule has 0 bridgehead atoms. The molecule has 0 spiro atoms. The Balaban J connectivity index is 1.43. The van der Waals surface area contributed by atoms with Crippen molar-refractivity contribution in [3.05, 3.63) is 87.8 Å². The number of carbonyl (C=O) groups excluding carboxylic acids is 2. The van der Waals surface area contributed by atoms with Crippen LogP contribution in [0.2, 0.25) is 5.02 Å². The first-order chi connectivity index (χ1) is 15.4. The molecular formula is C24H22ClN3O4. The van der Waals surface area contributed by atoms with E-state index in [9.17, 15) is 14.4 Å². The highest BCUT2D eigenvalue weighted by atomic mass is 35.5. The summed E-state index contributed by atoms with van der Waals surface area (Å²) in [5.74, 6) is 0.161. The summed E-state index contributed by atoms with van der Waals surface area (Å²) < 4.78 is 7.11. The molecule has 7 nitrogen and oxygen atoms in total. The SMILES string of the molecule is CC1Oc2ccccc2N(CCC(=O)Nc2ccc(=O)n(Cc3ccccc3Cl)c2)C1=O. The zero-order valence-corrected chi connectivity index (χ0v) is 18.2. The predicted octanol–water partition coefficient (Wildman–Crippen LogP) is 3.69. The van der Waals surface area contributed by atoms with Crippen LogP contribution in [-0.4, -0.2) is 29.0 Å². The van der Waals surface area contributed by atoms with Crippen LogP contribution in [0.25, 0.3) is 0 Å². The Morgan fingerprint density at radius 1 is 1.06 bits per heavy atom. The van der Waals surface area contributed by atoms with Gasteiger partial charge in [-0.2, -0.15) is 0 Å². The number of hydrogen-bond acceptors (Lipinski definition) is 4. The molecule has 0 saturated carbocycles. The van der Waals surface area contributed by atoms with Gasteiger partial charge in [0.25, 0.3) is 11.5 Å². The Hall–Kier alpha value is -3.58. The van der Waals surface area contributed by atoms with E-state index < -0.39 is 6.10 Å². The molecule has 8 heteroatoms. The van der Waals surface area contributed by atoms with Crippen molar-refractivity contribution in [1.29, 1.82) is 0 Å². The smallest absolute Gasteiger partial charge is 0.267 e. The highest BCUT2D eigenvalue weighted by Gasteiger charge is 2.31. The zero-order valence-electron chi connectivity index (χ0n) is 17.5. The number of para-hydroxylation sites is 2. The lowest BCUT2D eigenvalue weighted by Crippen LogP contribution is -2.45. The Labute approximate surface area is 190 Å². The first kappa shape index (κ1) is 21.6. The first-order valence-corrected chi connectivity index (χ1v) is 10.6. The molecule has 0 fully saturated rings. The maximum atomic E-state index is 12.6. The Morgan fingerprint density at radius 3 is 2.62 bits per heavy atom. The van der Waals surface area contributed by atoms with Crippen LogP contribution in [0.4, 0.5) is 11.4 Å². The first-order valence-electron chi connectivity index (χ1n) is 10.2. The number of rotatable bonds is 6. The van der Waals surface area contributed by atoms with Crippen LogP contribution >= 0.6 is 11.6 Å². The Morgan fingerprint density at radius 2 is 1.81 bits per heavy atom. The summed E-state index contributed by atoms with van der Waals surface area (Å²) in [6.45, 7) is 2.20. The van der Waals surface area contributed by atoms with Crippen molar-refractivity contribution in [3.63, 3.8) is 0 Å². The molecule has 3 aromatic rings. The van der Waals surface area contributed by atoms with Gasteiger partial charge in [0, 0.05) is 30.3 Å². The third-order valence-electron chi connectivity index (χ3n) is 5.20. The van der Waals surface area contributed by atoms with E-state index in [4.69, 9.17) is 16.3 Å². The van der Waals surface area contributed by atoms with Gasteiger partial charge in [0.2, 0.25) is 5.91 Å². The number of aromatic nitrogens is 1. The van der Waals surface area contributed by atoms with Crippen LogP contribution in [0.5, 0.6) is 5.75 Å². The van der Waals surface area contributed by atoms with Crippen LogP contribution in [0.3, 0.4) is 0 Å². The lowest BCUT2D eigenvalue weighted by molar-refractivity contribution is -0.125. The number of nitrogens with one attached hydrogen (secondary N) is 1.